The molecule has 0 amide bonds. The highest BCUT2D eigenvalue weighted by molar-refractivity contribution is 7.91. The van der Waals surface area contributed by atoms with Crippen LogP contribution in [0.4, 0.5) is 13.2 Å². The Balaban J connectivity index is 1.38. The Bertz CT molecular complexity index is 2140. The first-order valence-corrected chi connectivity index (χ1v) is 16.8. The van der Waals surface area contributed by atoms with Gasteiger partial charge in [-0.05, 0) is 56.5 Å². The van der Waals surface area contributed by atoms with Crippen molar-refractivity contribution in [3.63, 3.8) is 0 Å². The number of H-pyrrole nitrogens is 1. The molecule has 0 fully saturated rings. The molecule has 1 N–H and O–H groups in total. The summed E-state index contributed by atoms with van der Waals surface area (Å²) in [4.78, 5) is 18.8. The van der Waals surface area contributed by atoms with Crippen LogP contribution in [0.25, 0.3) is 22.3 Å². The van der Waals surface area contributed by atoms with Crippen LogP contribution < -0.4 is 9.47 Å². The van der Waals surface area contributed by atoms with Gasteiger partial charge in [-0.25, -0.2) is 22.2 Å². The van der Waals surface area contributed by atoms with Crippen LogP contribution in [0.1, 0.15) is 43.5 Å². The van der Waals surface area contributed by atoms with Gasteiger partial charge in [-0.2, -0.15) is 4.39 Å². The van der Waals surface area contributed by atoms with Crippen molar-refractivity contribution in [2.45, 2.75) is 43.4 Å². The summed E-state index contributed by atoms with van der Waals surface area (Å²) in [5.41, 5.74) is 1.43. The number of sulfone groups is 1. The molecule has 0 saturated carbocycles. The third kappa shape index (κ3) is 5.73. The van der Waals surface area contributed by atoms with Crippen LogP contribution in [-0.2, 0) is 38.3 Å². The standard InChI is InChI=1S/C34H32F3N3O6S/c1-5-44-26(41)12-9-19-7-6-8-23-30(19)45-16-14-34(23,2)25-18-40(3)33(39-25)22-17-20(10-11-24(22)35)46-31-28(37)27(36)29-21(13-15-38-29)32(31)47(4,42)43/h6-8,10-11,13,15,17-18,38H,5,9,12,14,16H2,1-4H3/t34-/m1/s1. The molecule has 1 aliphatic rings. The number of nitrogens with one attached hydrogen (secondary N) is 1. The van der Waals surface area contributed by atoms with E-state index in [2.05, 4.69) is 4.98 Å². The average molecular weight is 668 g/mol. The van der Waals surface area contributed by atoms with E-state index in [0.29, 0.717) is 37.5 Å². The minimum absolute atomic E-state index is 0.000159. The minimum atomic E-state index is -4.10. The number of aromatic nitrogens is 3. The lowest BCUT2D eigenvalue weighted by Crippen LogP contribution is -2.32. The molecule has 0 spiro atoms. The highest BCUT2D eigenvalue weighted by Crippen LogP contribution is 2.46. The molecular weight excluding hydrogens is 635 g/mol. The highest BCUT2D eigenvalue weighted by atomic mass is 32.2. The maximum atomic E-state index is 15.4. The number of esters is 1. The number of halogens is 3. The number of nitrogens with zero attached hydrogens (tertiary/aromatic N) is 2. The molecule has 0 aliphatic carbocycles. The third-order valence-electron chi connectivity index (χ3n) is 8.46. The van der Waals surface area contributed by atoms with Gasteiger partial charge in [-0.1, -0.05) is 18.2 Å². The first kappa shape index (κ1) is 32.2. The van der Waals surface area contributed by atoms with E-state index in [0.717, 1.165) is 23.4 Å². The molecule has 47 heavy (non-hydrogen) atoms. The fourth-order valence-electron chi connectivity index (χ4n) is 6.08. The van der Waals surface area contributed by atoms with Crippen LogP contribution in [-0.4, -0.2) is 48.4 Å². The number of hydrogen-bond donors (Lipinski definition) is 1. The van der Waals surface area contributed by atoms with Crippen molar-refractivity contribution >= 4 is 26.7 Å². The van der Waals surface area contributed by atoms with Gasteiger partial charge in [-0.15, -0.1) is 0 Å². The Hall–Kier alpha value is -4.78. The second-order valence-corrected chi connectivity index (χ2v) is 13.6. The van der Waals surface area contributed by atoms with Gasteiger partial charge in [0.25, 0.3) is 0 Å². The number of fused-ring (bicyclic) bond motifs is 2. The SMILES string of the molecule is CCOC(=O)CCc1cccc2c1OCC[C@@]2(C)c1cn(C)c(-c2cc(Oc3c(F)c(F)c4[nH]ccc4c3S(C)(=O)=O)ccc2F)n1. The molecule has 9 nitrogen and oxygen atoms in total. The van der Waals surface area contributed by atoms with E-state index in [9.17, 15) is 17.6 Å². The Kier molecular flexibility index (Phi) is 8.29. The quantitative estimate of drug-likeness (QED) is 0.137. The Morgan fingerprint density at radius 2 is 1.94 bits per heavy atom. The number of ether oxygens (including phenoxy) is 3. The van der Waals surface area contributed by atoms with Gasteiger partial charge in [0.1, 0.15) is 28.0 Å². The largest absolute Gasteiger partial charge is 0.493 e. The second kappa shape index (κ2) is 12.1. The number of aromatic amines is 1. The van der Waals surface area contributed by atoms with Crippen molar-refractivity contribution < 1.29 is 40.6 Å². The topological polar surface area (TPSA) is 113 Å². The number of hydrogen-bond acceptors (Lipinski definition) is 7. The lowest BCUT2D eigenvalue weighted by atomic mass is 9.74. The third-order valence-corrected chi connectivity index (χ3v) is 9.61. The van der Waals surface area contributed by atoms with Crippen LogP contribution in [0.15, 0.2) is 59.8 Å². The van der Waals surface area contributed by atoms with Gasteiger partial charge in [0.2, 0.25) is 5.82 Å². The summed E-state index contributed by atoms with van der Waals surface area (Å²) in [6.45, 7) is 4.47. The first-order chi connectivity index (χ1) is 22.3. The predicted octanol–water partition coefficient (Wildman–Crippen LogP) is 6.77. The van der Waals surface area contributed by atoms with Crippen LogP contribution in [0, 0.1) is 17.5 Å². The minimum Gasteiger partial charge on any atom is -0.493 e. The van der Waals surface area contributed by atoms with Crippen molar-refractivity contribution in [3.05, 3.63) is 89.1 Å². The van der Waals surface area contributed by atoms with Crippen molar-refractivity contribution in [1.29, 1.82) is 0 Å². The lowest BCUT2D eigenvalue weighted by Gasteiger charge is -2.35. The highest BCUT2D eigenvalue weighted by Gasteiger charge is 2.39. The average Bonchev–Trinajstić information content (AvgIpc) is 3.67. The molecule has 2 aromatic heterocycles. The number of benzene rings is 3. The zero-order valence-corrected chi connectivity index (χ0v) is 26.9. The van der Waals surface area contributed by atoms with E-state index < -0.39 is 43.3 Å². The number of rotatable bonds is 9. The summed E-state index contributed by atoms with van der Waals surface area (Å²) in [6, 6.07) is 10.6. The first-order valence-electron chi connectivity index (χ1n) is 14.9. The van der Waals surface area contributed by atoms with Gasteiger partial charge >= 0.3 is 5.97 Å². The van der Waals surface area contributed by atoms with E-state index in [1.54, 1.807) is 24.7 Å². The van der Waals surface area contributed by atoms with E-state index >= 15 is 8.78 Å². The van der Waals surface area contributed by atoms with Crippen molar-refractivity contribution in [2.75, 3.05) is 19.5 Å². The van der Waals surface area contributed by atoms with E-state index in [1.165, 1.54) is 24.4 Å². The lowest BCUT2D eigenvalue weighted by molar-refractivity contribution is -0.143. The van der Waals surface area contributed by atoms with E-state index in [4.69, 9.17) is 19.2 Å². The van der Waals surface area contributed by atoms with Gasteiger partial charge in [0, 0.05) is 48.5 Å². The zero-order chi connectivity index (χ0) is 33.7. The summed E-state index contributed by atoms with van der Waals surface area (Å²) >= 11 is 0. The van der Waals surface area contributed by atoms with E-state index in [-0.39, 0.29) is 40.4 Å². The van der Waals surface area contributed by atoms with Crippen LogP contribution >= 0.6 is 0 Å². The maximum absolute atomic E-state index is 15.4. The molecule has 0 saturated heterocycles. The predicted molar refractivity (Wildman–Crippen MR) is 168 cm³/mol. The summed E-state index contributed by atoms with van der Waals surface area (Å²) in [5.74, 6) is -3.82. The molecule has 0 radical (unpaired) electrons. The number of imidazole rings is 1. The second-order valence-electron chi connectivity index (χ2n) is 11.7. The Labute approximate surface area is 269 Å². The number of carbonyl (C=O) groups excluding carboxylic acids is 1. The number of aryl methyl sites for hydroxylation is 2. The smallest absolute Gasteiger partial charge is 0.306 e. The molecule has 5 aromatic rings. The van der Waals surface area contributed by atoms with E-state index in [1.807, 2.05) is 25.1 Å². The Morgan fingerprint density at radius 1 is 1.15 bits per heavy atom. The van der Waals surface area contributed by atoms with Gasteiger partial charge in [0.05, 0.1) is 30.0 Å². The van der Waals surface area contributed by atoms with Crippen molar-refractivity contribution in [3.8, 4) is 28.6 Å². The van der Waals surface area contributed by atoms with Crippen molar-refractivity contribution in [2.24, 2.45) is 7.05 Å². The number of carbonyl (C=O) groups is 1. The molecule has 0 bridgehead atoms. The normalized spacial score (nSPS) is 16.1. The van der Waals surface area contributed by atoms with Gasteiger partial charge < -0.3 is 23.8 Å². The van der Waals surface area contributed by atoms with Gasteiger partial charge in [-0.3, -0.25) is 4.79 Å². The van der Waals surface area contributed by atoms with Crippen molar-refractivity contribution in [1.82, 2.24) is 14.5 Å². The summed E-state index contributed by atoms with van der Waals surface area (Å²) in [5, 5.41) is -0.0773. The van der Waals surface area contributed by atoms with Gasteiger partial charge in [0.15, 0.2) is 21.4 Å². The molecule has 13 heteroatoms. The van der Waals surface area contributed by atoms with Crippen LogP contribution in [0.3, 0.4) is 0 Å². The fourth-order valence-corrected chi connectivity index (χ4v) is 7.12. The summed E-state index contributed by atoms with van der Waals surface area (Å²) < 4.78 is 89.5. The summed E-state index contributed by atoms with van der Waals surface area (Å²) in [7, 11) is -2.39. The Morgan fingerprint density at radius 3 is 2.68 bits per heavy atom. The van der Waals surface area contributed by atoms with Crippen LogP contribution in [0.2, 0.25) is 0 Å². The maximum Gasteiger partial charge on any atom is 0.306 e. The summed E-state index contributed by atoms with van der Waals surface area (Å²) in [6.07, 6.45) is 5.16. The molecule has 3 aromatic carbocycles. The molecular formula is C34H32F3N3O6S. The molecule has 246 valence electrons. The monoisotopic (exact) mass is 667 g/mol. The zero-order valence-electron chi connectivity index (χ0n) is 26.1. The molecule has 0 unspecified atom stereocenters. The number of para-hydroxylation sites is 1. The fraction of sp³-hybridized carbons (Fsp3) is 0.294. The molecule has 1 atom stereocenters. The molecule has 1 aliphatic heterocycles. The molecule has 6 rings (SSSR count). The molecule has 3 heterocycles. The van der Waals surface area contributed by atoms with Crippen LogP contribution in [0.5, 0.6) is 17.2 Å².